The molecule has 0 amide bonds. The van der Waals surface area contributed by atoms with Gasteiger partial charge < -0.3 is 10.1 Å². The van der Waals surface area contributed by atoms with E-state index in [1.165, 1.54) is 0 Å². The molecule has 3 atom stereocenters. The van der Waals surface area contributed by atoms with Crippen LogP contribution in [0.5, 0.6) is 0 Å². The molecular formula is C16H24N4O3. The number of esters is 1. The zero-order valence-corrected chi connectivity index (χ0v) is 14.1. The number of rotatable bonds is 3. The second-order valence-corrected chi connectivity index (χ2v) is 7.59. The van der Waals surface area contributed by atoms with Crippen LogP contribution in [0.4, 0.5) is 0 Å². The van der Waals surface area contributed by atoms with Gasteiger partial charge in [-0.15, -0.1) is 5.10 Å². The maximum absolute atomic E-state index is 12.7. The van der Waals surface area contributed by atoms with Gasteiger partial charge in [0.05, 0.1) is 6.04 Å². The molecule has 7 nitrogen and oxygen atoms in total. The summed E-state index contributed by atoms with van der Waals surface area (Å²) in [5, 5.41) is 11.5. The first-order valence-electron chi connectivity index (χ1n) is 8.12. The van der Waals surface area contributed by atoms with E-state index in [1.807, 2.05) is 0 Å². The van der Waals surface area contributed by atoms with Crippen molar-refractivity contribution in [2.45, 2.75) is 57.7 Å². The van der Waals surface area contributed by atoms with E-state index in [2.05, 4.69) is 15.6 Å². The molecule has 126 valence electrons. The second-order valence-electron chi connectivity index (χ2n) is 7.59. The average molecular weight is 320 g/mol. The van der Waals surface area contributed by atoms with Gasteiger partial charge in [0.1, 0.15) is 17.2 Å². The highest BCUT2D eigenvalue weighted by molar-refractivity contribution is 6.01. The molecule has 0 spiro atoms. The summed E-state index contributed by atoms with van der Waals surface area (Å²) in [7, 11) is 1.77. The lowest BCUT2D eigenvalue weighted by Crippen LogP contribution is -2.51. The van der Waals surface area contributed by atoms with Gasteiger partial charge in [-0.3, -0.25) is 14.3 Å². The van der Waals surface area contributed by atoms with Crippen molar-refractivity contribution in [3.63, 3.8) is 0 Å². The summed E-state index contributed by atoms with van der Waals surface area (Å²) in [4.78, 5) is 25.2. The van der Waals surface area contributed by atoms with Gasteiger partial charge >= 0.3 is 5.97 Å². The molecule has 0 aromatic carbocycles. The lowest BCUT2D eigenvalue weighted by atomic mass is 9.83. The predicted octanol–water partition coefficient (Wildman–Crippen LogP) is 1.16. The van der Waals surface area contributed by atoms with Gasteiger partial charge in [-0.25, -0.2) is 0 Å². The number of piperidine rings is 1. The zero-order chi connectivity index (χ0) is 16.8. The highest BCUT2D eigenvalue weighted by atomic mass is 16.6. The number of ketones is 1. The summed E-state index contributed by atoms with van der Waals surface area (Å²) in [6.45, 7) is 5.40. The molecule has 2 heterocycles. The molecule has 1 aromatic heterocycles. The number of carbonyl (C=O) groups excluding carboxylic acids is 2. The van der Waals surface area contributed by atoms with E-state index >= 15 is 0 Å². The molecular weight excluding hydrogens is 296 g/mol. The molecule has 0 radical (unpaired) electrons. The van der Waals surface area contributed by atoms with E-state index in [0.29, 0.717) is 18.0 Å². The van der Waals surface area contributed by atoms with E-state index in [4.69, 9.17) is 4.74 Å². The van der Waals surface area contributed by atoms with Crippen molar-refractivity contribution in [2.75, 3.05) is 0 Å². The maximum Gasteiger partial charge on any atom is 0.319 e. The standard InChI is InChI=1S/C16H24N4O3/c1-16(2,3)23-15(22)13-12(21)7-10(9-5-6-9)17-14(13)11-8-20(4)19-18-11/h8-10,13-14,17H,5-7H2,1-4H3/t10?,13?,14-/m0/s1. The average Bonchev–Trinajstić information content (AvgIpc) is 3.18. The topological polar surface area (TPSA) is 86.1 Å². The fraction of sp³-hybridized carbons (Fsp3) is 0.750. The zero-order valence-electron chi connectivity index (χ0n) is 14.1. The lowest BCUT2D eigenvalue weighted by molar-refractivity contribution is -0.164. The van der Waals surface area contributed by atoms with Crippen molar-refractivity contribution in [1.29, 1.82) is 0 Å². The minimum Gasteiger partial charge on any atom is -0.459 e. The number of nitrogens with one attached hydrogen (secondary N) is 1. The molecule has 2 unspecified atom stereocenters. The first kappa shape index (κ1) is 16.1. The largest absolute Gasteiger partial charge is 0.459 e. The molecule has 0 bridgehead atoms. The molecule has 1 aliphatic carbocycles. The number of hydrogen-bond acceptors (Lipinski definition) is 6. The number of Topliss-reactive ketones (excluding diaryl/α,β-unsaturated/α-hetero) is 1. The molecule has 1 aromatic rings. The lowest BCUT2D eigenvalue weighted by Gasteiger charge is -2.35. The molecule has 2 fully saturated rings. The summed E-state index contributed by atoms with van der Waals surface area (Å²) in [5.41, 5.74) is -0.0143. The van der Waals surface area contributed by atoms with Crippen LogP contribution in [-0.4, -0.2) is 38.4 Å². The van der Waals surface area contributed by atoms with Crippen molar-refractivity contribution in [1.82, 2.24) is 20.3 Å². The SMILES string of the molecule is Cn1cc([C@@H]2NC(C3CC3)CC(=O)C2C(=O)OC(C)(C)C)nn1. The number of aryl methyl sites for hydroxylation is 1. The van der Waals surface area contributed by atoms with Gasteiger partial charge in [0.2, 0.25) is 0 Å². The van der Waals surface area contributed by atoms with Crippen molar-refractivity contribution < 1.29 is 14.3 Å². The third kappa shape index (κ3) is 3.60. The van der Waals surface area contributed by atoms with E-state index in [0.717, 1.165) is 12.8 Å². The smallest absolute Gasteiger partial charge is 0.319 e. The Morgan fingerprint density at radius 3 is 2.61 bits per heavy atom. The highest BCUT2D eigenvalue weighted by Gasteiger charge is 2.48. The van der Waals surface area contributed by atoms with Crippen LogP contribution in [0.3, 0.4) is 0 Å². The van der Waals surface area contributed by atoms with Gasteiger partial charge in [0.25, 0.3) is 0 Å². The molecule has 1 N–H and O–H groups in total. The van der Waals surface area contributed by atoms with Crippen molar-refractivity contribution in [3.05, 3.63) is 11.9 Å². The van der Waals surface area contributed by atoms with Gasteiger partial charge in [-0.1, -0.05) is 5.21 Å². The first-order valence-corrected chi connectivity index (χ1v) is 8.12. The Labute approximate surface area is 135 Å². The van der Waals surface area contributed by atoms with Crippen LogP contribution >= 0.6 is 0 Å². The van der Waals surface area contributed by atoms with Gasteiger partial charge in [0, 0.05) is 25.7 Å². The van der Waals surface area contributed by atoms with E-state index in [1.54, 1.807) is 38.7 Å². The quantitative estimate of drug-likeness (QED) is 0.664. The number of ether oxygens (including phenoxy) is 1. The van der Waals surface area contributed by atoms with Crippen LogP contribution in [0.1, 0.15) is 51.8 Å². The molecule has 2 aliphatic rings. The second kappa shape index (κ2) is 5.70. The minimum absolute atomic E-state index is 0.0643. The maximum atomic E-state index is 12.7. The van der Waals surface area contributed by atoms with Crippen molar-refractivity contribution in [3.8, 4) is 0 Å². The van der Waals surface area contributed by atoms with Crippen LogP contribution in [0.15, 0.2) is 6.20 Å². The van der Waals surface area contributed by atoms with E-state index in [9.17, 15) is 9.59 Å². The molecule has 1 aliphatic heterocycles. The number of aromatic nitrogens is 3. The Morgan fingerprint density at radius 1 is 1.39 bits per heavy atom. The normalized spacial score (nSPS) is 28.7. The van der Waals surface area contributed by atoms with Gasteiger partial charge in [0.15, 0.2) is 5.78 Å². The summed E-state index contributed by atoms with van der Waals surface area (Å²) in [6.07, 6.45) is 4.40. The molecule has 23 heavy (non-hydrogen) atoms. The summed E-state index contributed by atoms with van der Waals surface area (Å²) in [6, 6.07) is -0.349. The molecule has 3 rings (SSSR count). The van der Waals surface area contributed by atoms with Gasteiger partial charge in [-0.05, 0) is 39.5 Å². The van der Waals surface area contributed by atoms with Crippen LogP contribution in [0.25, 0.3) is 0 Å². The highest BCUT2D eigenvalue weighted by Crippen LogP contribution is 2.40. The number of carbonyl (C=O) groups is 2. The van der Waals surface area contributed by atoms with Crippen LogP contribution < -0.4 is 5.32 Å². The third-order valence-corrected chi connectivity index (χ3v) is 4.29. The summed E-state index contributed by atoms with van der Waals surface area (Å²) >= 11 is 0. The Hall–Kier alpha value is -1.76. The Morgan fingerprint density at radius 2 is 2.09 bits per heavy atom. The molecule has 1 saturated carbocycles. The summed E-state index contributed by atoms with van der Waals surface area (Å²) in [5.74, 6) is -0.885. The Kier molecular flexibility index (Phi) is 4.00. The molecule has 7 heteroatoms. The van der Waals surface area contributed by atoms with Crippen LogP contribution in [0.2, 0.25) is 0 Å². The summed E-state index contributed by atoms with van der Waals surface area (Å²) < 4.78 is 7.04. The van der Waals surface area contributed by atoms with E-state index < -0.39 is 23.5 Å². The first-order chi connectivity index (χ1) is 10.7. The van der Waals surface area contributed by atoms with Crippen molar-refractivity contribution >= 4 is 11.8 Å². The van der Waals surface area contributed by atoms with E-state index in [-0.39, 0.29) is 11.8 Å². The third-order valence-electron chi connectivity index (χ3n) is 4.29. The van der Waals surface area contributed by atoms with Crippen LogP contribution in [0, 0.1) is 11.8 Å². The predicted molar refractivity (Wildman–Crippen MR) is 82.4 cm³/mol. The Balaban J connectivity index is 1.87. The van der Waals surface area contributed by atoms with Gasteiger partial charge in [-0.2, -0.15) is 0 Å². The minimum atomic E-state index is -0.860. The molecule has 1 saturated heterocycles. The number of nitrogens with zero attached hydrogens (tertiary/aromatic N) is 3. The number of hydrogen-bond donors (Lipinski definition) is 1. The fourth-order valence-corrected chi connectivity index (χ4v) is 3.11. The van der Waals surface area contributed by atoms with Crippen molar-refractivity contribution in [2.24, 2.45) is 18.9 Å². The van der Waals surface area contributed by atoms with Crippen LogP contribution in [-0.2, 0) is 21.4 Å². The fourth-order valence-electron chi connectivity index (χ4n) is 3.11. The monoisotopic (exact) mass is 320 g/mol. The Bertz CT molecular complexity index is 615.